The Bertz CT molecular complexity index is 1200. The van der Waals surface area contributed by atoms with Gasteiger partial charge in [-0.15, -0.1) is 0 Å². The summed E-state index contributed by atoms with van der Waals surface area (Å²) in [5.74, 6) is -3.23. The Morgan fingerprint density at radius 3 is 2.14 bits per heavy atom. The summed E-state index contributed by atoms with van der Waals surface area (Å²) in [6.45, 7) is 3.93. The van der Waals surface area contributed by atoms with Crippen molar-refractivity contribution in [2.24, 2.45) is 28.1 Å². The van der Waals surface area contributed by atoms with Gasteiger partial charge in [0, 0.05) is 24.9 Å². The van der Waals surface area contributed by atoms with E-state index < -0.39 is 47.9 Å². The lowest BCUT2D eigenvalue weighted by molar-refractivity contribution is -0.142. The molecule has 1 heterocycles. The van der Waals surface area contributed by atoms with Crippen molar-refractivity contribution in [2.45, 2.75) is 70.1 Å². The number of aliphatic carboxylic acids is 1. The summed E-state index contributed by atoms with van der Waals surface area (Å²) < 4.78 is 0. The van der Waals surface area contributed by atoms with Crippen molar-refractivity contribution in [1.82, 2.24) is 25.9 Å². The minimum absolute atomic E-state index is 0.00383. The summed E-state index contributed by atoms with van der Waals surface area (Å²) in [5, 5.41) is 26.9. The number of aromatic nitrogens is 2. The molecule has 4 unspecified atom stereocenters. The number of carbonyl (C=O) groups excluding carboxylic acids is 3. The van der Waals surface area contributed by atoms with Crippen molar-refractivity contribution in [3.05, 3.63) is 48.0 Å². The van der Waals surface area contributed by atoms with E-state index in [0.29, 0.717) is 12.1 Å². The maximum Gasteiger partial charge on any atom is 0.326 e. The van der Waals surface area contributed by atoms with E-state index >= 15 is 0 Å². The largest absolute Gasteiger partial charge is 0.508 e. The molecule has 0 saturated heterocycles. The number of rotatable bonds is 17. The van der Waals surface area contributed by atoms with Crippen LogP contribution in [0.1, 0.15) is 44.4 Å². The number of benzene rings is 1. The lowest BCUT2D eigenvalue weighted by atomic mass is 10.0. The van der Waals surface area contributed by atoms with Crippen molar-refractivity contribution >= 4 is 29.7 Å². The van der Waals surface area contributed by atoms with Crippen LogP contribution in [0, 0.1) is 5.92 Å². The lowest BCUT2D eigenvalue weighted by Crippen LogP contribution is -2.58. The average Bonchev–Trinajstić information content (AvgIpc) is 3.43. The highest BCUT2D eigenvalue weighted by Crippen LogP contribution is 2.12. The van der Waals surface area contributed by atoms with E-state index in [0.717, 1.165) is 5.56 Å². The Morgan fingerprint density at radius 1 is 0.952 bits per heavy atom. The van der Waals surface area contributed by atoms with Crippen LogP contribution in [0.2, 0.25) is 0 Å². The van der Waals surface area contributed by atoms with Crippen LogP contribution < -0.4 is 33.2 Å². The first-order chi connectivity index (χ1) is 19.8. The van der Waals surface area contributed by atoms with Gasteiger partial charge in [-0.2, -0.15) is 0 Å². The number of hydrogen-bond acceptors (Lipinski definition) is 8. The van der Waals surface area contributed by atoms with Gasteiger partial charge < -0.3 is 48.3 Å². The molecule has 2 aromatic rings. The van der Waals surface area contributed by atoms with Gasteiger partial charge in [0.1, 0.15) is 23.9 Å². The summed E-state index contributed by atoms with van der Waals surface area (Å²) in [4.78, 5) is 62.0. The van der Waals surface area contributed by atoms with Gasteiger partial charge in [-0.3, -0.25) is 19.4 Å². The van der Waals surface area contributed by atoms with Crippen LogP contribution >= 0.6 is 0 Å². The van der Waals surface area contributed by atoms with Gasteiger partial charge in [0.2, 0.25) is 17.7 Å². The third-order valence-corrected chi connectivity index (χ3v) is 6.24. The van der Waals surface area contributed by atoms with Crippen LogP contribution in [0.4, 0.5) is 0 Å². The number of nitrogens with two attached hydrogens (primary N) is 3. The number of aromatic amines is 1. The number of nitrogens with one attached hydrogen (secondary N) is 4. The number of phenolic OH excluding ortho intramolecular Hbond substituents is 1. The SMILES string of the molecule is CC(C)CC(NC(=O)C(N)Cc1ccc(O)cc1)C(=O)NC(Cc1cnc[nH]1)C(=O)NC(CCCN=C(N)N)C(=O)O. The number of hydrogen-bond donors (Lipinski definition) is 9. The molecular weight excluding hydrogens is 546 g/mol. The van der Waals surface area contributed by atoms with Gasteiger partial charge in [-0.25, -0.2) is 9.78 Å². The molecule has 2 rings (SSSR count). The molecule has 230 valence electrons. The standard InChI is InChI=1S/C27H41N9O6/c1-15(2)10-21(35-23(38)19(28)11-16-5-7-18(37)8-6-16)24(39)36-22(12-17-13-31-14-33-17)25(40)34-20(26(41)42)4-3-9-32-27(29)30/h5-8,13-15,19-22,37H,3-4,9-12,28H2,1-2H3,(H,31,33)(H,34,40)(H,35,38)(H,36,39)(H,41,42)(H4,29,30,32). The highest BCUT2D eigenvalue weighted by Gasteiger charge is 2.31. The molecule has 1 aromatic carbocycles. The van der Waals surface area contributed by atoms with E-state index in [1.807, 2.05) is 13.8 Å². The van der Waals surface area contributed by atoms with Crippen LogP contribution in [-0.2, 0) is 32.0 Å². The zero-order valence-electron chi connectivity index (χ0n) is 23.7. The van der Waals surface area contributed by atoms with Crippen LogP contribution in [0.15, 0.2) is 41.8 Å². The Morgan fingerprint density at radius 2 is 1.57 bits per heavy atom. The van der Waals surface area contributed by atoms with Crippen LogP contribution in [0.3, 0.4) is 0 Å². The zero-order chi connectivity index (χ0) is 31.2. The summed E-state index contributed by atoms with van der Waals surface area (Å²) in [6.07, 6.45) is 3.64. The van der Waals surface area contributed by atoms with Crippen LogP contribution in [-0.4, -0.2) is 80.5 Å². The van der Waals surface area contributed by atoms with Crippen molar-refractivity contribution in [3.8, 4) is 5.75 Å². The van der Waals surface area contributed by atoms with Gasteiger partial charge in [0.05, 0.1) is 12.4 Å². The maximum absolute atomic E-state index is 13.4. The summed E-state index contributed by atoms with van der Waals surface area (Å²) >= 11 is 0. The molecule has 42 heavy (non-hydrogen) atoms. The first-order valence-electron chi connectivity index (χ1n) is 13.6. The molecule has 0 fully saturated rings. The van der Waals surface area contributed by atoms with Crippen molar-refractivity contribution in [2.75, 3.05) is 6.54 Å². The number of phenols is 1. The number of amides is 3. The molecular formula is C27H41N9O6. The predicted octanol–water partition coefficient (Wildman–Crippen LogP) is -1.13. The topological polar surface area (TPSA) is 264 Å². The Kier molecular flexibility index (Phi) is 13.2. The number of aromatic hydroxyl groups is 1. The number of imidazole rings is 1. The molecule has 0 saturated carbocycles. The zero-order valence-corrected chi connectivity index (χ0v) is 23.7. The fourth-order valence-corrected chi connectivity index (χ4v) is 4.09. The number of carbonyl (C=O) groups is 4. The highest BCUT2D eigenvalue weighted by molar-refractivity contribution is 5.94. The van der Waals surface area contributed by atoms with Crippen molar-refractivity contribution in [3.63, 3.8) is 0 Å². The van der Waals surface area contributed by atoms with E-state index in [1.54, 1.807) is 12.1 Å². The smallest absolute Gasteiger partial charge is 0.326 e. The monoisotopic (exact) mass is 587 g/mol. The van der Waals surface area contributed by atoms with Crippen LogP contribution in [0.5, 0.6) is 5.75 Å². The van der Waals surface area contributed by atoms with Crippen molar-refractivity contribution < 1.29 is 29.4 Å². The van der Waals surface area contributed by atoms with Gasteiger partial charge in [0.25, 0.3) is 0 Å². The van der Waals surface area contributed by atoms with E-state index in [9.17, 15) is 29.4 Å². The fraction of sp³-hybridized carbons (Fsp3) is 0.481. The molecule has 0 aliphatic rings. The lowest BCUT2D eigenvalue weighted by Gasteiger charge is -2.26. The van der Waals surface area contributed by atoms with Gasteiger partial charge >= 0.3 is 5.97 Å². The third kappa shape index (κ3) is 11.8. The van der Waals surface area contributed by atoms with Gasteiger partial charge in [0.15, 0.2) is 5.96 Å². The minimum Gasteiger partial charge on any atom is -0.508 e. The molecule has 3 amide bonds. The second-order valence-corrected chi connectivity index (χ2v) is 10.4. The molecule has 15 nitrogen and oxygen atoms in total. The molecule has 15 heteroatoms. The Labute approximate surface area is 243 Å². The quantitative estimate of drug-likeness (QED) is 0.0610. The number of carboxylic acid groups (broad SMARTS) is 1. The number of carboxylic acids is 1. The Balaban J connectivity index is 2.14. The summed E-state index contributed by atoms with van der Waals surface area (Å²) in [7, 11) is 0. The normalized spacial score (nSPS) is 13.8. The molecule has 4 atom stereocenters. The summed E-state index contributed by atoms with van der Waals surface area (Å²) in [5.41, 5.74) is 17.9. The van der Waals surface area contributed by atoms with E-state index in [1.165, 1.54) is 24.7 Å². The third-order valence-electron chi connectivity index (χ3n) is 6.24. The van der Waals surface area contributed by atoms with E-state index in [4.69, 9.17) is 17.2 Å². The van der Waals surface area contributed by atoms with E-state index in [2.05, 4.69) is 30.9 Å². The molecule has 12 N–H and O–H groups in total. The first kappa shape index (κ1) is 33.5. The molecule has 0 spiro atoms. The second-order valence-electron chi connectivity index (χ2n) is 10.4. The van der Waals surface area contributed by atoms with Gasteiger partial charge in [-0.05, 0) is 49.3 Å². The number of aliphatic imine (C=N–C) groups is 1. The van der Waals surface area contributed by atoms with E-state index in [-0.39, 0.29) is 49.9 Å². The number of H-pyrrole nitrogens is 1. The molecule has 0 aliphatic carbocycles. The van der Waals surface area contributed by atoms with Gasteiger partial charge in [-0.1, -0.05) is 26.0 Å². The molecule has 0 radical (unpaired) electrons. The highest BCUT2D eigenvalue weighted by atomic mass is 16.4. The minimum atomic E-state index is -1.26. The predicted molar refractivity (Wildman–Crippen MR) is 155 cm³/mol. The van der Waals surface area contributed by atoms with Crippen LogP contribution in [0.25, 0.3) is 0 Å². The fourth-order valence-electron chi connectivity index (χ4n) is 4.09. The first-order valence-corrected chi connectivity index (χ1v) is 13.6. The second kappa shape index (κ2) is 16.6. The average molecular weight is 588 g/mol. The molecule has 0 aliphatic heterocycles. The summed E-state index contributed by atoms with van der Waals surface area (Å²) in [6, 6.07) is 1.82. The number of guanidine groups is 1. The van der Waals surface area contributed by atoms with Crippen molar-refractivity contribution in [1.29, 1.82) is 0 Å². The maximum atomic E-state index is 13.4. The molecule has 1 aromatic heterocycles. The Hall–Kier alpha value is -4.66. The molecule has 0 bridgehead atoms. The number of nitrogens with zero attached hydrogens (tertiary/aromatic N) is 2.